The highest BCUT2D eigenvalue weighted by Crippen LogP contribution is 2.40. The van der Waals surface area contributed by atoms with Gasteiger partial charge in [0.1, 0.15) is 0 Å². The van der Waals surface area contributed by atoms with Gasteiger partial charge in [0.05, 0.1) is 11.3 Å². The summed E-state index contributed by atoms with van der Waals surface area (Å²) in [6, 6.07) is 5.97. The summed E-state index contributed by atoms with van der Waals surface area (Å²) in [6.07, 6.45) is 6.49. The molecule has 3 rings (SSSR count). The third-order valence-electron chi connectivity index (χ3n) is 4.00. The number of non-ortho nitro benzene ring substituents is 1. The average Bonchev–Trinajstić information content (AvgIpc) is 2.81. The first kappa shape index (κ1) is 13.5. The van der Waals surface area contributed by atoms with E-state index in [0.717, 1.165) is 24.1 Å². The van der Waals surface area contributed by atoms with Gasteiger partial charge in [-0.05, 0) is 24.3 Å². The minimum Gasteiger partial charge on any atom is -0.273 e. The highest BCUT2D eigenvalue weighted by molar-refractivity contribution is 5.95. The van der Waals surface area contributed by atoms with Gasteiger partial charge in [-0.3, -0.25) is 14.9 Å². The van der Waals surface area contributed by atoms with Gasteiger partial charge in [-0.15, -0.1) is 0 Å². The minimum absolute atomic E-state index is 0.0219. The van der Waals surface area contributed by atoms with Crippen molar-refractivity contribution in [1.82, 2.24) is 5.43 Å². The first-order chi connectivity index (χ1) is 10.1. The maximum absolute atomic E-state index is 11.8. The zero-order chi connectivity index (χ0) is 14.8. The Morgan fingerprint density at radius 1 is 1.38 bits per heavy atom. The Labute approximate surface area is 121 Å². The van der Waals surface area contributed by atoms with Crippen molar-refractivity contribution in [1.29, 1.82) is 0 Å². The van der Waals surface area contributed by atoms with Crippen LogP contribution in [0.5, 0.6) is 0 Å². The predicted molar refractivity (Wildman–Crippen MR) is 77.7 cm³/mol. The predicted octanol–water partition coefficient (Wildman–Crippen LogP) is 2.21. The molecule has 2 unspecified atom stereocenters. The van der Waals surface area contributed by atoms with E-state index in [1.807, 2.05) is 0 Å². The number of hydrogen-bond donors (Lipinski definition) is 1. The Morgan fingerprint density at radius 3 is 2.81 bits per heavy atom. The van der Waals surface area contributed by atoms with Gasteiger partial charge in [0.2, 0.25) is 5.91 Å². The van der Waals surface area contributed by atoms with E-state index in [2.05, 4.69) is 22.7 Å². The van der Waals surface area contributed by atoms with Gasteiger partial charge in [0.15, 0.2) is 0 Å². The number of fused-ring (bicyclic) bond motifs is 1. The SMILES string of the molecule is O=C(Cc1ccc([N+](=O)[O-])cc1)N/N=C1/CC2C=CCC12. The second-order valence-corrected chi connectivity index (χ2v) is 5.38. The minimum atomic E-state index is -0.460. The van der Waals surface area contributed by atoms with Crippen molar-refractivity contribution in [2.75, 3.05) is 0 Å². The van der Waals surface area contributed by atoms with Crippen molar-refractivity contribution >= 4 is 17.3 Å². The fraction of sp³-hybridized carbons (Fsp3) is 0.333. The van der Waals surface area contributed by atoms with Crippen LogP contribution in [0.25, 0.3) is 0 Å². The normalized spacial score (nSPS) is 24.5. The van der Waals surface area contributed by atoms with Gasteiger partial charge in [-0.25, -0.2) is 5.43 Å². The van der Waals surface area contributed by atoms with Gasteiger partial charge in [0, 0.05) is 23.8 Å². The number of carbonyl (C=O) groups excluding carboxylic acids is 1. The summed E-state index contributed by atoms with van der Waals surface area (Å²) < 4.78 is 0. The molecular formula is C15H15N3O3. The number of benzene rings is 1. The van der Waals surface area contributed by atoms with Crippen LogP contribution in [0.15, 0.2) is 41.5 Å². The Kier molecular flexibility index (Phi) is 3.51. The molecule has 1 N–H and O–H groups in total. The van der Waals surface area contributed by atoms with Crippen LogP contribution >= 0.6 is 0 Å². The summed E-state index contributed by atoms with van der Waals surface area (Å²) >= 11 is 0. The molecule has 1 aromatic carbocycles. The third kappa shape index (κ3) is 2.84. The smallest absolute Gasteiger partial charge is 0.269 e. The van der Waals surface area contributed by atoms with E-state index in [4.69, 9.17) is 0 Å². The summed E-state index contributed by atoms with van der Waals surface area (Å²) in [6.45, 7) is 0. The molecule has 6 nitrogen and oxygen atoms in total. The molecule has 21 heavy (non-hydrogen) atoms. The van der Waals surface area contributed by atoms with E-state index in [1.165, 1.54) is 12.1 Å². The average molecular weight is 285 g/mol. The first-order valence-electron chi connectivity index (χ1n) is 6.89. The summed E-state index contributed by atoms with van der Waals surface area (Å²) in [5.74, 6) is 0.880. The van der Waals surface area contributed by atoms with Gasteiger partial charge in [0.25, 0.3) is 5.69 Å². The van der Waals surface area contributed by atoms with E-state index in [0.29, 0.717) is 11.8 Å². The lowest BCUT2D eigenvalue weighted by Crippen LogP contribution is -2.35. The lowest BCUT2D eigenvalue weighted by atomic mass is 9.74. The van der Waals surface area contributed by atoms with Gasteiger partial charge in [-0.1, -0.05) is 24.3 Å². The maximum Gasteiger partial charge on any atom is 0.269 e. The van der Waals surface area contributed by atoms with Crippen molar-refractivity contribution in [3.63, 3.8) is 0 Å². The molecule has 0 saturated heterocycles. The van der Waals surface area contributed by atoms with Crippen LogP contribution in [0.3, 0.4) is 0 Å². The fourth-order valence-electron chi connectivity index (χ4n) is 2.76. The topological polar surface area (TPSA) is 84.6 Å². The summed E-state index contributed by atoms with van der Waals surface area (Å²) in [4.78, 5) is 21.9. The molecule has 108 valence electrons. The number of nitrogens with one attached hydrogen (secondary N) is 1. The van der Waals surface area contributed by atoms with Gasteiger partial charge in [-0.2, -0.15) is 5.10 Å². The molecule has 1 fully saturated rings. The molecule has 1 saturated carbocycles. The molecular weight excluding hydrogens is 270 g/mol. The van der Waals surface area contributed by atoms with Crippen LogP contribution in [-0.2, 0) is 11.2 Å². The van der Waals surface area contributed by atoms with Crippen molar-refractivity contribution in [3.8, 4) is 0 Å². The van der Waals surface area contributed by atoms with E-state index in [9.17, 15) is 14.9 Å². The summed E-state index contributed by atoms with van der Waals surface area (Å²) in [5, 5.41) is 14.7. The monoisotopic (exact) mass is 285 g/mol. The van der Waals surface area contributed by atoms with Crippen LogP contribution < -0.4 is 5.43 Å². The first-order valence-corrected chi connectivity index (χ1v) is 6.89. The zero-order valence-corrected chi connectivity index (χ0v) is 11.4. The molecule has 6 heteroatoms. The molecule has 0 bridgehead atoms. The molecule has 2 atom stereocenters. The second kappa shape index (κ2) is 5.47. The van der Waals surface area contributed by atoms with Crippen molar-refractivity contribution in [2.24, 2.45) is 16.9 Å². The Morgan fingerprint density at radius 2 is 2.14 bits per heavy atom. The number of allylic oxidation sites excluding steroid dienone is 2. The second-order valence-electron chi connectivity index (χ2n) is 5.38. The van der Waals surface area contributed by atoms with Crippen molar-refractivity contribution < 1.29 is 9.72 Å². The third-order valence-corrected chi connectivity index (χ3v) is 4.00. The fourth-order valence-corrected chi connectivity index (χ4v) is 2.76. The molecule has 0 aromatic heterocycles. The van der Waals surface area contributed by atoms with Crippen molar-refractivity contribution in [2.45, 2.75) is 19.3 Å². The number of hydrogen-bond acceptors (Lipinski definition) is 4. The Balaban J connectivity index is 1.52. The number of rotatable bonds is 4. The zero-order valence-electron chi connectivity index (χ0n) is 11.4. The van der Waals surface area contributed by atoms with E-state index in [-0.39, 0.29) is 18.0 Å². The number of amides is 1. The number of nitrogens with zero attached hydrogens (tertiary/aromatic N) is 2. The van der Waals surface area contributed by atoms with Gasteiger partial charge >= 0.3 is 0 Å². The molecule has 2 aliphatic rings. The number of carbonyl (C=O) groups is 1. The van der Waals surface area contributed by atoms with Gasteiger partial charge < -0.3 is 0 Å². The molecule has 0 spiro atoms. The lowest BCUT2D eigenvalue weighted by molar-refractivity contribution is -0.384. The highest BCUT2D eigenvalue weighted by Gasteiger charge is 2.37. The standard InChI is InChI=1S/C15H15N3O3/c19-15(8-10-4-6-12(7-5-10)18(20)21)17-16-14-9-11-2-1-3-13(11)14/h1-2,4-7,11,13H,3,8-9H2,(H,17,19)/b16-14-. The van der Waals surface area contributed by atoms with Crippen LogP contribution in [0.2, 0.25) is 0 Å². The number of nitro groups is 1. The number of hydrazone groups is 1. The molecule has 1 amide bonds. The van der Waals surface area contributed by atoms with Crippen LogP contribution in [0.4, 0.5) is 5.69 Å². The van der Waals surface area contributed by atoms with Crippen LogP contribution in [0.1, 0.15) is 18.4 Å². The highest BCUT2D eigenvalue weighted by atomic mass is 16.6. The van der Waals surface area contributed by atoms with E-state index in [1.54, 1.807) is 12.1 Å². The molecule has 2 aliphatic carbocycles. The maximum atomic E-state index is 11.8. The molecule has 0 radical (unpaired) electrons. The van der Waals surface area contributed by atoms with Crippen LogP contribution in [0, 0.1) is 22.0 Å². The van der Waals surface area contributed by atoms with Crippen molar-refractivity contribution in [3.05, 3.63) is 52.1 Å². The molecule has 0 heterocycles. The van der Waals surface area contributed by atoms with Crippen LogP contribution in [-0.4, -0.2) is 16.5 Å². The number of nitro benzene ring substituents is 1. The molecule has 1 aromatic rings. The summed E-state index contributed by atoms with van der Waals surface area (Å²) in [5.41, 5.74) is 4.38. The Hall–Kier alpha value is -2.50. The lowest BCUT2D eigenvalue weighted by Gasteiger charge is -2.31. The summed E-state index contributed by atoms with van der Waals surface area (Å²) in [7, 11) is 0. The Bertz CT molecular complexity index is 634. The van der Waals surface area contributed by atoms with E-state index < -0.39 is 4.92 Å². The molecule has 0 aliphatic heterocycles. The van der Waals surface area contributed by atoms with E-state index >= 15 is 0 Å². The largest absolute Gasteiger partial charge is 0.273 e. The quantitative estimate of drug-likeness (QED) is 0.523.